The molecule has 0 atom stereocenters. The molecule has 11 heavy (non-hydrogen) atoms. The predicted molar refractivity (Wildman–Crippen MR) is 35.7 cm³/mol. The van der Waals surface area contributed by atoms with E-state index < -0.39 is 6.09 Å². The second-order valence-corrected chi connectivity index (χ2v) is 1.89. The van der Waals surface area contributed by atoms with E-state index in [0.29, 0.717) is 12.2 Å². The minimum atomic E-state index is -0.774. The molecule has 0 aliphatic rings. The number of amides is 1. The Morgan fingerprint density at radius 3 is 3.18 bits per heavy atom. The second-order valence-electron chi connectivity index (χ2n) is 1.89. The van der Waals surface area contributed by atoms with E-state index in [0.717, 1.165) is 0 Å². The molecular formula is C6H8N2O3. The van der Waals surface area contributed by atoms with Crippen LogP contribution in [-0.2, 0) is 11.2 Å². The van der Waals surface area contributed by atoms with Crippen molar-refractivity contribution in [3.8, 4) is 0 Å². The monoisotopic (exact) mass is 156 g/mol. The molecule has 0 radical (unpaired) electrons. The Balaban J connectivity index is 2.19. The van der Waals surface area contributed by atoms with Crippen LogP contribution in [0, 0.1) is 0 Å². The third-order valence-corrected chi connectivity index (χ3v) is 1.08. The smallest absolute Gasteiger partial charge is 0.404 e. The highest BCUT2D eigenvalue weighted by molar-refractivity contribution is 5.64. The molecule has 0 saturated carbocycles. The summed E-state index contributed by atoms with van der Waals surface area (Å²) in [5.74, 6) is 0.672. The summed E-state index contributed by atoms with van der Waals surface area (Å²) in [7, 11) is 0. The van der Waals surface area contributed by atoms with Gasteiger partial charge in [0.15, 0.2) is 6.39 Å². The number of aromatic nitrogens is 1. The molecular weight excluding hydrogens is 148 g/mol. The van der Waals surface area contributed by atoms with Gasteiger partial charge < -0.3 is 14.9 Å². The molecule has 0 saturated heterocycles. The number of primary amides is 1. The van der Waals surface area contributed by atoms with Crippen molar-refractivity contribution in [2.24, 2.45) is 5.73 Å². The van der Waals surface area contributed by atoms with Crippen molar-refractivity contribution < 1.29 is 13.9 Å². The number of hydrogen-bond donors (Lipinski definition) is 1. The lowest BCUT2D eigenvalue weighted by Gasteiger charge is -1.96. The molecule has 1 amide bonds. The van der Waals surface area contributed by atoms with Gasteiger partial charge in [-0.15, -0.1) is 0 Å². The summed E-state index contributed by atoms with van der Waals surface area (Å²) in [6.45, 7) is 0.227. The first-order valence-electron chi connectivity index (χ1n) is 3.08. The number of oxazole rings is 1. The van der Waals surface area contributed by atoms with E-state index in [1.54, 1.807) is 6.20 Å². The number of carbonyl (C=O) groups is 1. The molecule has 1 rings (SSSR count). The molecule has 0 fully saturated rings. The van der Waals surface area contributed by atoms with E-state index in [2.05, 4.69) is 9.72 Å². The molecule has 0 unspecified atom stereocenters. The lowest BCUT2D eigenvalue weighted by Crippen LogP contribution is -2.14. The Kier molecular flexibility index (Phi) is 2.48. The zero-order valence-corrected chi connectivity index (χ0v) is 5.82. The van der Waals surface area contributed by atoms with Gasteiger partial charge in [0.1, 0.15) is 12.4 Å². The molecule has 0 spiro atoms. The molecule has 2 N–H and O–H groups in total. The summed E-state index contributed by atoms with van der Waals surface area (Å²) in [4.78, 5) is 13.8. The van der Waals surface area contributed by atoms with Crippen molar-refractivity contribution in [1.82, 2.24) is 4.98 Å². The van der Waals surface area contributed by atoms with E-state index >= 15 is 0 Å². The first-order valence-corrected chi connectivity index (χ1v) is 3.08. The Bertz CT molecular complexity index is 220. The first-order chi connectivity index (χ1) is 5.29. The van der Waals surface area contributed by atoms with Crippen molar-refractivity contribution in [1.29, 1.82) is 0 Å². The minimum Gasteiger partial charge on any atom is -0.449 e. The number of rotatable bonds is 3. The number of carbonyl (C=O) groups excluding carboxylic acids is 1. The highest BCUT2D eigenvalue weighted by Crippen LogP contribution is 1.97. The maximum atomic E-state index is 10.1. The van der Waals surface area contributed by atoms with E-state index in [9.17, 15) is 4.79 Å². The van der Waals surface area contributed by atoms with Crippen LogP contribution < -0.4 is 5.73 Å². The Morgan fingerprint density at radius 2 is 2.64 bits per heavy atom. The van der Waals surface area contributed by atoms with Gasteiger partial charge in [0.05, 0.1) is 6.20 Å². The van der Waals surface area contributed by atoms with Crippen molar-refractivity contribution in [2.45, 2.75) is 6.42 Å². The summed E-state index contributed by atoms with van der Waals surface area (Å²) < 4.78 is 9.34. The Hall–Kier alpha value is -1.52. The van der Waals surface area contributed by atoms with Crippen LogP contribution in [0.25, 0.3) is 0 Å². The summed E-state index contributed by atoms with van der Waals surface area (Å²) in [6, 6.07) is 0. The van der Waals surface area contributed by atoms with Gasteiger partial charge in [-0.2, -0.15) is 0 Å². The van der Waals surface area contributed by atoms with Gasteiger partial charge in [-0.3, -0.25) is 0 Å². The first kappa shape index (κ1) is 7.59. The quantitative estimate of drug-likeness (QED) is 0.683. The number of nitrogens with zero attached hydrogens (tertiary/aromatic N) is 1. The van der Waals surface area contributed by atoms with Crippen LogP contribution >= 0.6 is 0 Å². The van der Waals surface area contributed by atoms with E-state index in [1.165, 1.54) is 6.39 Å². The van der Waals surface area contributed by atoms with Crippen molar-refractivity contribution in [3.63, 3.8) is 0 Å². The average molecular weight is 156 g/mol. The van der Waals surface area contributed by atoms with Crippen LogP contribution in [0.3, 0.4) is 0 Å². The van der Waals surface area contributed by atoms with Crippen LogP contribution in [0.5, 0.6) is 0 Å². The van der Waals surface area contributed by atoms with Gasteiger partial charge in [-0.25, -0.2) is 9.78 Å². The highest BCUT2D eigenvalue weighted by atomic mass is 16.5. The fraction of sp³-hybridized carbons (Fsp3) is 0.333. The zero-order valence-electron chi connectivity index (χ0n) is 5.82. The maximum Gasteiger partial charge on any atom is 0.404 e. The third kappa shape index (κ3) is 2.70. The summed E-state index contributed by atoms with van der Waals surface area (Å²) in [5.41, 5.74) is 4.72. The maximum absolute atomic E-state index is 10.1. The lowest BCUT2D eigenvalue weighted by molar-refractivity contribution is 0.156. The number of ether oxygens (including phenoxy) is 1. The van der Waals surface area contributed by atoms with E-state index in [1.807, 2.05) is 0 Å². The lowest BCUT2D eigenvalue weighted by atomic mass is 10.4. The fourth-order valence-electron chi connectivity index (χ4n) is 0.618. The topological polar surface area (TPSA) is 78.4 Å². The normalized spacial score (nSPS) is 9.45. The van der Waals surface area contributed by atoms with Gasteiger partial charge in [0.2, 0.25) is 0 Å². The predicted octanol–water partition coefficient (Wildman–Crippen LogP) is 0.312. The molecule has 60 valence electrons. The molecule has 1 aromatic heterocycles. The molecule has 0 aromatic carbocycles. The van der Waals surface area contributed by atoms with Crippen molar-refractivity contribution in [3.05, 3.63) is 18.4 Å². The molecule has 1 heterocycles. The van der Waals surface area contributed by atoms with Crippen molar-refractivity contribution >= 4 is 6.09 Å². The van der Waals surface area contributed by atoms with Gasteiger partial charge >= 0.3 is 6.09 Å². The minimum absolute atomic E-state index is 0.227. The van der Waals surface area contributed by atoms with Crippen LogP contribution in [-0.4, -0.2) is 17.7 Å². The number of nitrogens with two attached hydrogens (primary N) is 1. The molecule has 0 aliphatic carbocycles. The standard InChI is InChI=1S/C6H8N2O3/c7-6(9)10-2-1-5-3-8-4-11-5/h3-4H,1-2H2,(H2,7,9). The molecule has 1 aromatic rings. The molecule has 0 aliphatic heterocycles. The largest absolute Gasteiger partial charge is 0.449 e. The third-order valence-electron chi connectivity index (χ3n) is 1.08. The average Bonchev–Trinajstić information content (AvgIpc) is 2.39. The molecule has 0 bridgehead atoms. The van der Waals surface area contributed by atoms with E-state index in [4.69, 9.17) is 10.2 Å². The molecule has 5 nitrogen and oxygen atoms in total. The van der Waals surface area contributed by atoms with Crippen LogP contribution in [0.1, 0.15) is 5.76 Å². The summed E-state index contributed by atoms with van der Waals surface area (Å²) in [6.07, 6.45) is 2.61. The van der Waals surface area contributed by atoms with Crippen molar-refractivity contribution in [2.75, 3.05) is 6.61 Å². The van der Waals surface area contributed by atoms with Gasteiger partial charge in [0.25, 0.3) is 0 Å². The SMILES string of the molecule is NC(=O)OCCc1cnco1. The summed E-state index contributed by atoms with van der Waals surface area (Å²) in [5, 5.41) is 0. The Labute approximate surface area is 63.2 Å². The van der Waals surface area contributed by atoms with Crippen LogP contribution in [0.15, 0.2) is 17.0 Å². The number of hydrogen-bond acceptors (Lipinski definition) is 4. The van der Waals surface area contributed by atoms with Gasteiger partial charge in [0, 0.05) is 6.42 Å². The zero-order chi connectivity index (χ0) is 8.10. The summed E-state index contributed by atoms with van der Waals surface area (Å²) >= 11 is 0. The van der Waals surface area contributed by atoms with Gasteiger partial charge in [-0.1, -0.05) is 0 Å². The highest BCUT2D eigenvalue weighted by Gasteiger charge is 1.97. The van der Waals surface area contributed by atoms with E-state index in [-0.39, 0.29) is 6.61 Å². The molecule has 5 heteroatoms. The van der Waals surface area contributed by atoms with Crippen LogP contribution in [0.2, 0.25) is 0 Å². The Morgan fingerprint density at radius 1 is 1.82 bits per heavy atom. The fourth-order valence-corrected chi connectivity index (χ4v) is 0.618. The second kappa shape index (κ2) is 3.60. The van der Waals surface area contributed by atoms with Crippen LogP contribution in [0.4, 0.5) is 4.79 Å². The van der Waals surface area contributed by atoms with Gasteiger partial charge in [-0.05, 0) is 0 Å².